The molecule has 1 rings (SSSR count). The van der Waals surface area contributed by atoms with E-state index in [1.54, 1.807) is 0 Å². The van der Waals surface area contributed by atoms with E-state index in [2.05, 4.69) is 0 Å². The van der Waals surface area contributed by atoms with Crippen molar-refractivity contribution in [3.05, 3.63) is 10.4 Å². The van der Waals surface area contributed by atoms with Gasteiger partial charge in [0.1, 0.15) is 6.54 Å². The third-order valence-corrected chi connectivity index (χ3v) is 1.85. The first-order valence-electron chi connectivity index (χ1n) is 2.37. The van der Waals surface area contributed by atoms with Gasteiger partial charge in [0.25, 0.3) is 0 Å². The lowest BCUT2D eigenvalue weighted by Crippen LogP contribution is -3.56. The Morgan fingerprint density at radius 2 is 2.25 bits per heavy atom. The number of quaternary nitrogens is 2. The van der Waals surface area contributed by atoms with Gasteiger partial charge in [-0.1, -0.05) is 0 Å². The summed E-state index contributed by atoms with van der Waals surface area (Å²) < 4.78 is 0. The van der Waals surface area contributed by atoms with Crippen molar-refractivity contribution < 1.29 is 10.3 Å². The standard InChI is InChI=1S/C3H7N2O2P/c6-4-1-2-8-3-5(4)7/h3-5H,1-2H2. The second-order valence-corrected chi connectivity index (χ2v) is 2.64. The van der Waals surface area contributed by atoms with E-state index in [1.165, 1.54) is 5.92 Å². The zero-order valence-corrected chi connectivity index (χ0v) is 5.15. The number of hydrogen-bond donors (Lipinski definition) is 2. The van der Waals surface area contributed by atoms with Gasteiger partial charge in [-0.05, 0) is 8.20 Å². The van der Waals surface area contributed by atoms with Gasteiger partial charge in [-0.2, -0.15) is 5.17 Å². The molecule has 0 fully saturated rings. The number of rotatable bonds is 0. The highest BCUT2D eigenvalue weighted by atomic mass is 31.1. The predicted octanol–water partition coefficient (Wildman–Crippen LogP) is -2.61. The third-order valence-electron chi connectivity index (χ3n) is 0.951. The molecule has 0 aromatic carbocycles. The van der Waals surface area contributed by atoms with Gasteiger partial charge in [0.2, 0.25) is 0 Å². The molecule has 0 saturated heterocycles. The maximum Gasteiger partial charge on any atom is 0.164 e. The van der Waals surface area contributed by atoms with Crippen LogP contribution in [0.1, 0.15) is 0 Å². The smallest absolute Gasteiger partial charge is 0.164 e. The van der Waals surface area contributed by atoms with Crippen LogP contribution < -0.4 is 10.3 Å². The van der Waals surface area contributed by atoms with Gasteiger partial charge in [0.15, 0.2) is 5.92 Å². The van der Waals surface area contributed by atoms with Crippen molar-refractivity contribution in [2.24, 2.45) is 0 Å². The molecule has 5 heteroatoms. The van der Waals surface area contributed by atoms with E-state index in [9.17, 15) is 10.4 Å². The van der Waals surface area contributed by atoms with Gasteiger partial charge >= 0.3 is 0 Å². The van der Waals surface area contributed by atoms with Gasteiger partial charge in [-0.3, -0.25) is 0 Å². The minimum Gasteiger partial charge on any atom is -0.583 e. The molecule has 46 valence electrons. The molecular formula is C3H7N2O2P. The minimum absolute atomic E-state index is 0.233. The summed E-state index contributed by atoms with van der Waals surface area (Å²) in [5.74, 6) is 1.44. The molecule has 0 amide bonds. The molecule has 1 heterocycles. The van der Waals surface area contributed by atoms with Crippen molar-refractivity contribution in [2.75, 3.05) is 12.7 Å². The lowest BCUT2D eigenvalue weighted by atomic mass is 10.8. The number of hydrogen-bond acceptors (Lipinski definition) is 2. The second-order valence-electron chi connectivity index (χ2n) is 1.57. The van der Waals surface area contributed by atoms with Gasteiger partial charge in [0.05, 0.1) is 0 Å². The molecule has 2 atom stereocenters. The van der Waals surface area contributed by atoms with Gasteiger partial charge in [-0.15, -0.1) is 0 Å². The van der Waals surface area contributed by atoms with Crippen LogP contribution in [0.25, 0.3) is 0 Å². The van der Waals surface area contributed by atoms with Crippen molar-refractivity contribution >= 4 is 14.1 Å². The van der Waals surface area contributed by atoms with Gasteiger partial charge < -0.3 is 10.4 Å². The fourth-order valence-corrected chi connectivity index (χ4v) is 1.28. The van der Waals surface area contributed by atoms with Crippen LogP contribution in [-0.2, 0) is 0 Å². The van der Waals surface area contributed by atoms with E-state index in [0.29, 0.717) is 6.54 Å². The molecule has 0 spiro atoms. The molecule has 2 N–H and O–H groups in total. The maximum absolute atomic E-state index is 10.4. The van der Waals surface area contributed by atoms with Crippen LogP contribution in [0.4, 0.5) is 0 Å². The normalized spacial score (nSPS) is 39.8. The number of hydroxylamine groups is 2. The van der Waals surface area contributed by atoms with E-state index >= 15 is 0 Å². The van der Waals surface area contributed by atoms with E-state index in [-0.39, 0.29) is 10.3 Å². The Labute approximate surface area is 48.6 Å². The monoisotopic (exact) mass is 134 g/mol. The van der Waals surface area contributed by atoms with Crippen LogP contribution in [0.5, 0.6) is 0 Å². The molecule has 0 saturated carbocycles. The summed E-state index contributed by atoms with van der Waals surface area (Å²) in [6.45, 7) is 0.441. The van der Waals surface area contributed by atoms with Crippen LogP contribution in [0.3, 0.4) is 0 Å². The highest BCUT2D eigenvalue weighted by molar-refractivity contribution is 7.37. The lowest BCUT2D eigenvalue weighted by Gasteiger charge is -2.31. The molecular weight excluding hydrogens is 127 g/mol. The Hall–Kier alpha value is 0.01000. The Balaban J connectivity index is 2.47. The third kappa shape index (κ3) is 1.24. The van der Waals surface area contributed by atoms with Crippen LogP contribution in [0.15, 0.2) is 0 Å². The summed E-state index contributed by atoms with van der Waals surface area (Å²) in [5, 5.41) is 20.3. The summed E-state index contributed by atoms with van der Waals surface area (Å²) in [6.07, 6.45) is 0.824. The Kier molecular flexibility index (Phi) is 1.94. The van der Waals surface area contributed by atoms with E-state index in [0.717, 1.165) is 14.4 Å². The first kappa shape index (κ1) is 6.13. The van der Waals surface area contributed by atoms with Gasteiger partial charge in [-0.25, -0.2) is 5.17 Å². The van der Waals surface area contributed by atoms with Crippen LogP contribution in [0, 0.1) is 10.4 Å². The zero-order valence-electron chi connectivity index (χ0n) is 4.26. The fraction of sp³-hybridized carbons (Fsp3) is 0.667. The van der Waals surface area contributed by atoms with Crippen molar-refractivity contribution in [1.82, 2.24) is 0 Å². The van der Waals surface area contributed by atoms with Crippen molar-refractivity contribution in [2.45, 2.75) is 0 Å². The first-order valence-corrected chi connectivity index (χ1v) is 3.52. The average Bonchev–Trinajstić information content (AvgIpc) is 1.77. The largest absolute Gasteiger partial charge is 0.583 e. The minimum atomic E-state index is -0.307. The Bertz CT molecular complexity index is 107. The molecule has 0 aromatic rings. The van der Waals surface area contributed by atoms with Gasteiger partial charge in [0, 0.05) is 6.16 Å². The average molecular weight is 134 g/mol. The quantitative estimate of drug-likeness (QED) is 0.281. The molecule has 0 aliphatic carbocycles. The lowest BCUT2D eigenvalue weighted by molar-refractivity contribution is -1.42. The summed E-state index contributed by atoms with van der Waals surface area (Å²) in [4.78, 5) is 0. The fourth-order valence-electron chi connectivity index (χ4n) is 0.509. The molecule has 4 nitrogen and oxygen atoms in total. The molecule has 0 aromatic heterocycles. The molecule has 0 bridgehead atoms. The second kappa shape index (κ2) is 2.53. The van der Waals surface area contributed by atoms with E-state index in [4.69, 9.17) is 0 Å². The molecule has 1 aliphatic rings. The number of nitrogens with one attached hydrogen (secondary N) is 2. The SMILES string of the molecule is [O-][NH+]1C=PCC[NH+]1[O-]. The summed E-state index contributed by atoms with van der Waals surface area (Å²) in [7, 11) is 0.992. The first-order chi connectivity index (χ1) is 3.80. The van der Waals surface area contributed by atoms with Crippen LogP contribution in [-0.4, -0.2) is 18.6 Å². The molecule has 2 unspecified atom stereocenters. The topological polar surface area (TPSA) is 55.0 Å². The highest BCUT2D eigenvalue weighted by Gasteiger charge is 2.05. The maximum atomic E-state index is 10.4. The van der Waals surface area contributed by atoms with Crippen molar-refractivity contribution in [3.8, 4) is 0 Å². The molecule has 8 heavy (non-hydrogen) atoms. The Morgan fingerprint density at radius 3 is 2.62 bits per heavy atom. The Morgan fingerprint density at radius 1 is 1.50 bits per heavy atom. The molecule has 1 aliphatic heterocycles. The van der Waals surface area contributed by atoms with Crippen molar-refractivity contribution in [3.63, 3.8) is 0 Å². The summed E-state index contributed by atoms with van der Waals surface area (Å²) in [5.41, 5.74) is 0. The van der Waals surface area contributed by atoms with E-state index in [1.807, 2.05) is 0 Å². The van der Waals surface area contributed by atoms with Crippen LogP contribution >= 0.6 is 8.20 Å². The summed E-state index contributed by atoms with van der Waals surface area (Å²) >= 11 is 0. The highest BCUT2D eigenvalue weighted by Crippen LogP contribution is 1.86. The predicted molar refractivity (Wildman–Crippen MR) is 31.4 cm³/mol. The van der Waals surface area contributed by atoms with Crippen LogP contribution in [0.2, 0.25) is 0 Å². The van der Waals surface area contributed by atoms with E-state index < -0.39 is 0 Å². The summed E-state index contributed by atoms with van der Waals surface area (Å²) in [6, 6.07) is 0. The zero-order chi connectivity index (χ0) is 5.98. The van der Waals surface area contributed by atoms with Crippen molar-refractivity contribution in [1.29, 1.82) is 0 Å². The molecule has 0 radical (unpaired) electrons.